The van der Waals surface area contributed by atoms with E-state index < -0.39 is 5.97 Å². The first-order chi connectivity index (χ1) is 14.0. The van der Waals surface area contributed by atoms with Gasteiger partial charge in [-0.2, -0.15) is 5.26 Å². The summed E-state index contributed by atoms with van der Waals surface area (Å²) in [5, 5.41) is 9.27. The van der Waals surface area contributed by atoms with E-state index in [2.05, 4.69) is 22.5 Å². The number of halogens is 1. The molecule has 0 amide bonds. The van der Waals surface area contributed by atoms with E-state index in [1.807, 2.05) is 36.4 Å². The fourth-order valence-electron chi connectivity index (χ4n) is 2.64. The van der Waals surface area contributed by atoms with Gasteiger partial charge in [0.2, 0.25) is 0 Å². The molecule has 0 heterocycles. The topological polar surface area (TPSA) is 68.6 Å². The van der Waals surface area contributed by atoms with Crippen LogP contribution in [0.5, 0.6) is 11.5 Å². The van der Waals surface area contributed by atoms with Gasteiger partial charge in [0.1, 0.15) is 18.2 Å². The van der Waals surface area contributed by atoms with Crippen LogP contribution in [0.4, 0.5) is 0 Å². The smallest absolute Gasteiger partial charge is 0.348 e. The predicted octanol–water partition coefficient (Wildman–Crippen LogP) is 5.24. The minimum absolute atomic E-state index is 0.0815. The third-order valence-electron chi connectivity index (χ3n) is 3.96. The third kappa shape index (κ3) is 6.23. The Balaban J connectivity index is 2.39. The van der Waals surface area contributed by atoms with E-state index in [0.29, 0.717) is 30.1 Å². The number of methoxy groups -OCH3 is 1. The summed E-state index contributed by atoms with van der Waals surface area (Å²) in [6, 6.07) is 13.3. The normalized spacial score (nSPS) is 10.8. The quantitative estimate of drug-likeness (QED) is 0.224. The lowest BCUT2D eigenvalue weighted by atomic mass is 10.0. The number of carbonyl (C=O) groups is 1. The highest BCUT2D eigenvalue weighted by atomic mass is 79.9. The van der Waals surface area contributed by atoms with Crippen LogP contribution in [-0.4, -0.2) is 19.7 Å². The number of hydrogen-bond acceptors (Lipinski definition) is 5. The van der Waals surface area contributed by atoms with Crippen molar-refractivity contribution in [2.24, 2.45) is 0 Å². The first kappa shape index (κ1) is 22.3. The van der Waals surface area contributed by atoms with E-state index in [-0.39, 0.29) is 12.2 Å². The van der Waals surface area contributed by atoms with Crippen LogP contribution in [-0.2, 0) is 22.6 Å². The molecule has 0 aliphatic heterocycles. The molecule has 0 N–H and O–H groups in total. The van der Waals surface area contributed by atoms with Crippen molar-refractivity contribution >= 4 is 28.0 Å². The fraction of sp³-hybridized carbons (Fsp3) is 0.217. The first-order valence-corrected chi connectivity index (χ1v) is 9.79. The molecule has 0 aromatic heterocycles. The number of carbonyl (C=O) groups excluding carboxylic acids is 1. The van der Waals surface area contributed by atoms with E-state index in [1.165, 1.54) is 6.08 Å². The lowest BCUT2D eigenvalue weighted by Crippen LogP contribution is -2.06. The highest BCUT2D eigenvalue weighted by molar-refractivity contribution is 9.10. The van der Waals surface area contributed by atoms with Gasteiger partial charge in [-0.25, -0.2) is 4.79 Å². The SMILES string of the molecule is C=CCc1cc(/C=C(\C#N)C(=O)OCC)cc(OC)c1OCc1ccc(Br)cc1. The summed E-state index contributed by atoms with van der Waals surface area (Å²) >= 11 is 3.42. The van der Waals surface area contributed by atoms with Crippen LogP contribution in [0.2, 0.25) is 0 Å². The second-order valence-corrected chi connectivity index (χ2v) is 6.93. The van der Waals surface area contributed by atoms with Crippen LogP contribution < -0.4 is 9.47 Å². The molecular formula is C23H22BrNO4. The summed E-state index contributed by atoms with van der Waals surface area (Å²) in [5.74, 6) is 0.450. The Labute approximate surface area is 179 Å². The van der Waals surface area contributed by atoms with Crippen LogP contribution in [0, 0.1) is 11.3 Å². The number of ether oxygens (including phenoxy) is 3. The molecule has 0 fully saturated rings. The van der Waals surface area contributed by atoms with Gasteiger partial charge in [-0.1, -0.05) is 34.1 Å². The monoisotopic (exact) mass is 455 g/mol. The molecule has 0 spiro atoms. The lowest BCUT2D eigenvalue weighted by molar-refractivity contribution is -0.137. The Morgan fingerprint density at radius 1 is 1.28 bits per heavy atom. The van der Waals surface area contributed by atoms with Crippen LogP contribution in [0.15, 0.2) is 59.1 Å². The molecule has 5 nitrogen and oxygen atoms in total. The maximum absolute atomic E-state index is 11.9. The Hall–Kier alpha value is -3.04. The van der Waals surface area contributed by atoms with Gasteiger partial charge in [0, 0.05) is 10.0 Å². The Bertz CT molecular complexity index is 943. The molecule has 0 aliphatic rings. The fourth-order valence-corrected chi connectivity index (χ4v) is 2.90. The molecule has 0 atom stereocenters. The van der Waals surface area contributed by atoms with Gasteiger partial charge in [0.05, 0.1) is 13.7 Å². The number of nitriles is 1. The molecule has 0 bridgehead atoms. The van der Waals surface area contributed by atoms with Crippen molar-refractivity contribution in [3.8, 4) is 17.6 Å². The number of esters is 1. The van der Waals surface area contributed by atoms with E-state index >= 15 is 0 Å². The standard InChI is InChI=1S/C23H22BrNO4/c1-4-6-18-11-17(12-19(14-25)23(26)28-5-2)13-21(27-3)22(18)29-15-16-7-9-20(24)10-8-16/h4,7-13H,1,5-6,15H2,2-3H3/b19-12+. The van der Waals surface area contributed by atoms with Crippen molar-refractivity contribution < 1.29 is 19.0 Å². The Morgan fingerprint density at radius 3 is 2.59 bits per heavy atom. The van der Waals surface area contributed by atoms with Crippen LogP contribution in [0.3, 0.4) is 0 Å². The molecule has 0 saturated heterocycles. The second kappa shape index (κ2) is 11.1. The molecule has 2 rings (SSSR count). The van der Waals surface area contributed by atoms with Gasteiger partial charge in [0.15, 0.2) is 11.5 Å². The van der Waals surface area contributed by atoms with Gasteiger partial charge in [-0.05, 0) is 54.8 Å². The molecule has 29 heavy (non-hydrogen) atoms. The average Bonchev–Trinajstić information content (AvgIpc) is 2.72. The highest BCUT2D eigenvalue weighted by Gasteiger charge is 2.15. The lowest BCUT2D eigenvalue weighted by Gasteiger charge is -2.16. The zero-order chi connectivity index (χ0) is 21.2. The van der Waals surface area contributed by atoms with Crippen molar-refractivity contribution in [3.63, 3.8) is 0 Å². The predicted molar refractivity (Wildman–Crippen MR) is 116 cm³/mol. The largest absolute Gasteiger partial charge is 0.493 e. The minimum atomic E-state index is -0.658. The second-order valence-electron chi connectivity index (χ2n) is 6.01. The molecule has 2 aromatic carbocycles. The summed E-state index contributed by atoms with van der Waals surface area (Å²) in [6.45, 7) is 6.06. The number of allylic oxidation sites excluding steroid dienone is 1. The van der Waals surface area contributed by atoms with Crippen molar-refractivity contribution in [1.29, 1.82) is 5.26 Å². The van der Waals surface area contributed by atoms with E-state index in [0.717, 1.165) is 15.6 Å². The van der Waals surface area contributed by atoms with Crippen LogP contribution in [0.25, 0.3) is 6.08 Å². The Morgan fingerprint density at radius 2 is 2.00 bits per heavy atom. The summed E-state index contributed by atoms with van der Waals surface area (Å²) in [7, 11) is 1.55. The summed E-state index contributed by atoms with van der Waals surface area (Å²) in [4.78, 5) is 11.9. The first-order valence-electron chi connectivity index (χ1n) is 9.00. The Kier molecular flexibility index (Phi) is 8.50. The van der Waals surface area contributed by atoms with Crippen molar-refractivity contribution in [1.82, 2.24) is 0 Å². The average molecular weight is 456 g/mol. The highest BCUT2D eigenvalue weighted by Crippen LogP contribution is 2.35. The molecule has 2 aromatic rings. The van der Waals surface area contributed by atoms with Crippen molar-refractivity contribution in [2.75, 3.05) is 13.7 Å². The van der Waals surface area contributed by atoms with Crippen molar-refractivity contribution in [3.05, 3.63) is 75.8 Å². The molecule has 150 valence electrons. The van der Waals surface area contributed by atoms with E-state index in [4.69, 9.17) is 14.2 Å². The van der Waals surface area contributed by atoms with Crippen LogP contribution in [0.1, 0.15) is 23.6 Å². The molecular weight excluding hydrogens is 434 g/mol. The maximum atomic E-state index is 11.9. The summed E-state index contributed by atoms with van der Waals surface area (Å²) < 4.78 is 17.5. The van der Waals surface area contributed by atoms with E-state index in [9.17, 15) is 10.1 Å². The number of nitrogens with zero attached hydrogens (tertiary/aromatic N) is 1. The third-order valence-corrected chi connectivity index (χ3v) is 4.49. The maximum Gasteiger partial charge on any atom is 0.348 e. The zero-order valence-electron chi connectivity index (χ0n) is 16.4. The van der Waals surface area contributed by atoms with Gasteiger partial charge in [0.25, 0.3) is 0 Å². The van der Waals surface area contributed by atoms with E-state index in [1.54, 1.807) is 26.2 Å². The zero-order valence-corrected chi connectivity index (χ0v) is 18.0. The number of benzene rings is 2. The number of hydrogen-bond donors (Lipinski definition) is 0. The van der Waals surface area contributed by atoms with Gasteiger partial charge in [-0.15, -0.1) is 6.58 Å². The molecule has 0 saturated carbocycles. The molecule has 0 unspecified atom stereocenters. The van der Waals surface area contributed by atoms with Crippen molar-refractivity contribution in [2.45, 2.75) is 20.0 Å². The number of rotatable bonds is 9. The van der Waals surface area contributed by atoms with Crippen LogP contribution >= 0.6 is 15.9 Å². The van der Waals surface area contributed by atoms with Gasteiger partial charge < -0.3 is 14.2 Å². The summed E-state index contributed by atoms with van der Waals surface area (Å²) in [6.07, 6.45) is 3.77. The minimum Gasteiger partial charge on any atom is -0.493 e. The molecule has 0 aliphatic carbocycles. The van der Waals surface area contributed by atoms with Gasteiger partial charge in [-0.3, -0.25) is 0 Å². The van der Waals surface area contributed by atoms with Gasteiger partial charge >= 0.3 is 5.97 Å². The molecule has 6 heteroatoms. The summed E-state index contributed by atoms with van der Waals surface area (Å²) in [5.41, 5.74) is 2.41. The molecule has 0 radical (unpaired) electrons.